The van der Waals surface area contributed by atoms with Gasteiger partial charge in [0.1, 0.15) is 0 Å². The first-order valence-corrected chi connectivity index (χ1v) is 13.1. The van der Waals surface area contributed by atoms with Crippen LogP contribution in [-0.4, -0.2) is 41.9 Å². The van der Waals surface area contributed by atoms with E-state index in [0.717, 1.165) is 17.3 Å². The van der Waals surface area contributed by atoms with Crippen molar-refractivity contribution in [3.63, 3.8) is 0 Å². The van der Waals surface area contributed by atoms with Crippen molar-refractivity contribution in [3.8, 4) is 11.5 Å². The van der Waals surface area contributed by atoms with E-state index in [1.165, 1.54) is 0 Å². The summed E-state index contributed by atoms with van der Waals surface area (Å²) < 4.78 is 31.4. The lowest BCUT2D eigenvalue weighted by molar-refractivity contribution is -0.116. The number of anilines is 3. The number of aryl methyl sites for hydroxylation is 1. The van der Waals surface area contributed by atoms with Gasteiger partial charge >= 0.3 is 0 Å². The highest BCUT2D eigenvalue weighted by atomic mass is 32.2. The van der Waals surface area contributed by atoms with E-state index in [1.54, 1.807) is 50.2 Å². The molecule has 2 amide bonds. The van der Waals surface area contributed by atoms with Crippen LogP contribution in [0.15, 0.2) is 52.1 Å². The quantitative estimate of drug-likeness (QED) is 0.354. The first-order valence-electron chi connectivity index (χ1n) is 10.5. The zero-order chi connectivity index (χ0) is 24.7. The highest BCUT2D eigenvalue weighted by molar-refractivity contribution is 7.99. The summed E-state index contributed by atoms with van der Waals surface area (Å²) in [4.78, 5) is 24.0. The highest BCUT2D eigenvalue weighted by Crippen LogP contribution is 2.25. The number of hydrogen-bond acceptors (Lipinski definition) is 8. The molecule has 0 radical (unpaired) electrons. The van der Waals surface area contributed by atoms with Crippen molar-refractivity contribution in [1.82, 2.24) is 10.2 Å². The molecule has 34 heavy (non-hydrogen) atoms. The van der Waals surface area contributed by atoms with Gasteiger partial charge in [-0.2, -0.15) is 0 Å². The smallest absolute Gasteiger partial charge is 0.277 e. The Hall–Kier alpha value is -3.38. The number of thioether (sulfide) groups is 1. The predicted octanol–water partition coefficient (Wildman–Crippen LogP) is 3.89. The van der Waals surface area contributed by atoms with Crippen molar-refractivity contribution in [1.29, 1.82) is 0 Å². The topological polar surface area (TPSA) is 143 Å². The van der Waals surface area contributed by atoms with Crippen LogP contribution in [0.5, 0.6) is 0 Å². The Bertz CT molecular complexity index is 1270. The van der Waals surface area contributed by atoms with Crippen molar-refractivity contribution < 1.29 is 22.4 Å². The molecule has 0 saturated heterocycles. The van der Waals surface area contributed by atoms with E-state index in [4.69, 9.17) is 4.42 Å². The first kappa shape index (κ1) is 25.2. The standard InChI is InChI=1S/C22H25N5O5S2/c1-4-19(28)24-18-12-17(9-6-14(18)3)23-20(29)13-33-22-26-25-21(32-22)15-7-10-16(11-8-15)27-34(30,31)5-2/h6-12,27H,4-5,13H2,1-3H3,(H,23,29)(H,24,28). The van der Waals surface area contributed by atoms with Crippen molar-refractivity contribution >= 4 is 50.7 Å². The second-order valence-electron chi connectivity index (χ2n) is 7.22. The van der Waals surface area contributed by atoms with Crippen molar-refractivity contribution in [2.24, 2.45) is 0 Å². The maximum atomic E-state index is 12.3. The fraction of sp³-hybridized carbons (Fsp3) is 0.273. The minimum atomic E-state index is -3.36. The van der Waals surface area contributed by atoms with E-state index in [9.17, 15) is 18.0 Å². The molecular formula is C22H25N5O5S2. The average Bonchev–Trinajstić information content (AvgIpc) is 3.29. The summed E-state index contributed by atoms with van der Waals surface area (Å²) in [6.45, 7) is 5.19. The zero-order valence-corrected chi connectivity index (χ0v) is 20.5. The summed E-state index contributed by atoms with van der Waals surface area (Å²) in [5, 5.41) is 13.7. The number of amides is 2. The van der Waals surface area contributed by atoms with Crippen molar-refractivity contribution in [3.05, 3.63) is 48.0 Å². The molecule has 3 rings (SSSR count). The monoisotopic (exact) mass is 503 g/mol. The van der Waals surface area contributed by atoms with Gasteiger partial charge in [0.2, 0.25) is 27.7 Å². The maximum absolute atomic E-state index is 12.3. The van der Waals surface area contributed by atoms with Gasteiger partial charge in [0.15, 0.2) is 0 Å². The molecule has 0 saturated carbocycles. The summed E-state index contributed by atoms with van der Waals surface area (Å²) in [6, 6.07) is 11.8. The molecule has 180 valence electrons. The average molecular weight is 504 g/mol. The van der Waals surface area contributed by atoms with Gasteiger partial charge in [-0.25, -0.2) is 8.42 Å². The molecule has 3 aromatic rings. The molecule has 0 aliphatic heterocycles. The van der Waals surface area contributed by atoms with E-state index >= 15 is 0 Å². The molecule has 3 N–H and O–H groups in total. The van der Waals surface area contributed by atoms with Crippen molar-refractivity contribution in [2.75, 3.05) is 26.9 Å². The van der Waals surface area contributed by atoms with Crippen molar-refractivity contribution in [2.45, 2.75) is 32.4 Å². The second kappa shape index (κ2) is 11.2. The molecule has 2 aromatic carbocycles. The molecular weight excluding hydrogens is 478 g/mol. The second-order valence-corrected chi connectivity index (χ2v) is 10.2. The number of nitrogens with one attached hydrogen (secondary N) is 3. The van der Waals surface area contributed by atoms with Crippen LogP contribution in [0.4, 0.5) is 17.1 Å². The highest BCUT2D eigenvalue weighted by Gasteiger charge is 2.13. The number of rotatable bonds is 10. The molecule has 0 fully saturated rings. The number of hydrogen-bond donors (Lipinski definition) is 3. The zero-order valence-electron chi connectivity index (χ0n) is 18.9. The van der Waals surface area contributed by atoms with Gasteiger partial charge in [0.05, 0.1) is 11.5 Å². The van der Waals surface area contributed by atoms with E-state index < -0.39 is 10.0 Å². The number of nitrogens with zero attached hydrogens (tertiary/aromatic N) is 2. The van der Waals surface area contributed by atoms with Crippen LogP contribution in [0.2, 0.25) is 0 Å². The van der Waals surface area contributed by atoms with E-state index in [1.807, 2.05) is 13.0 Å². The van der Waals surface area contributed by atoms with Gasteiger partial charge in [0.25, 0.3) is 5.22 Å². The molecule has 0 unspecified atom stereocenters. The fourth-order valence-corrected chi connectivity index (χ4v) is 3.92. The van der Waals surface area contributed by atoms with Crippen LogP contribution in [0.1, 0.15) is 25.8 Å². The normalized spacial score (nSPS) is 11.1. The third-order valence-electron chi connectivity index (χ3n) is 4.63. The Morgan fingerprint density at radius 2 is 1.68 bits per heavy atom. The van der Waals surface area contributed by atoms with Crippen LogP contribution in [-0.2, 0) is 19.6 Å². The maximum Gasteiger partial charge on any atom is 0.277 e. The Morgan fingerprint density at radius 1 is 0.971 bits per heavy atom. The van der Waals surface area contributed by atoms with Crippen LogP contribution in [0.3, 0.4) is 0 Å². The summed E-state index contributed by atoms with van der Waals surface area (Å²) >= 11 is 1.09. The molecule has 12 heteroatoms. The molecule has 1 aromatic heterocycles. The van der Waals surface area contributed by atoms with Crippen LogP contribution in [0, 0.1) is 6.92 Å². The Morgan fingerprint density at radius 3 is 2.35 bits per heavy atom. The minimum Gasteiger partial charge on any atom is -0.411 e. The largest absolute Gasteiger partial charge is 0.411 e. The van der Waals surface area contributed by atoms with Crippen LogP contribution < -0.4 is 15.4 Å². The lowest BCUT2D eigenvalue weighted by atomic mass is 10.1. The minimum absolute atomic E-state index is 0.0208. The Labute approximate surface area is 202 Å². The van der Waals surface area contributed by atoms with E-state index in [2.05, 4.69) is 25.6 Å². The van der Waals surface area contributed by atoms with Gasteiger partial charge in [-0.1, -0.05) is 24.8 Å². The third kappa shape index (κ3) is 7.06. The fourth-order valence-electron chi connectivity index (χ4n) is 2.71. The molecule has 0 bridgehead atoms. The lowest BCUT2D eigenvalue weighted by Crippen LogP contribution is -2.15. The number of carbonyl (C=O) groups is 2. The van der Waals surface area contributed by atoms with Crippen LogP contribution >= 0.6 is 11.8 Å². The Balaban J connectivity index is 1.56. The van der Waals surface area contributed by atoms with Gasteiger partial charge in [-0.3, -0.25) is 14.3 Å². The number of aromatic nitrogens is 2. The van der Waals surface area contributed by atoms with Gasteiger partial charge in [-0.05, 0) is 55.8 Å². The summed E-state index contributed by atoms with van der Waals surface area (Å²) in [5.41, 5.74) is 3.15. The summed E-state index contributed by atoms with van der Waals surface area (Å²) in [5.74, 6) is -0.0976. The first-order chi connectivity index (χ1) is 16.2. The van der Waals surface area contributed by atoms with E-state index in [-0.39, 0.29) is 34.4 Å². The Kier molecular flexibility index (Phi) is 8.29. The molecule has 10 nitrogen and oxygen atoms in total. The van der Waals surface area contributed by atoms with Gasteiger partial charge in [-0.15, -0.1) is 10.2 Å². The third-order valence-corrected chi connectivity index (χ3v) is 6.76. The number of benzene rings is 2. The van der Waals surface area contributed by atoms with Crippen LogP contribution in [0.25, 0.3) is 11.5 Å². The SMILES string of the molecule is CCC(=O)Nc1cc(NC(=O)CSc2nnc(-c3ccc(NS(=O)(=O)CC)cc3)o2)ccc1C. The summed E-state index contributed by atoms with van der Waals surface area (Å²) in [6.07, 6.45) is 0.362. The molecule has 0 spiro atoms. The number of carbonyl (C=O) groups excluding carboxylic acids is 2. The molecule has 1 heterocycles. The predicted molar refractivity (Wildman–Crippen MR) is 132 cm³/mol. The van der Waals surface area contributed by atoms with E-state index in [0.29, 0.717) is 29.0 Å². The van der Waals surface area contributed by atoms with Gasteiger partial charge in [0, 0.05) is 29.0 Å². The van der Waals surface area contributed by atoms with Gasteiger partial charge < -0.3 is 15.1 Å². The summed E-state index contributed by atoms with van der Waals surface area (Å²) in [7, 11) is -3.36. The lowest BCUT2D eigenvalue weighted by Gasteiger charge is -2.11. The molecule has 0 aliphatic rings. The molecule has 0 atom stereocenters. The molecule has 0 aliphatic carbocycles. The number of sulfonamides is 1.